The molecule has 9 rings (SSSR count). The normalized spacial score (nSPS) is 14.6. The van der Waals surface area contributed by atoms with Gasteiger partial charge in [-0.3, -0.25) is 18.7 Å². The third kappa shape index (κ3) is 18.4. The van der Waals surface area contributed by atoms with Crippen molar-refractivity contribution in [3.63, 3.8) is 0 Å². The van der Waals surface area contributed by atoms with Gasteiger partial charge in [-0.25, -0.2) is 24.7 Å². The van der Waals surface area contributed by atoms with Crippen molar-refractivity contribution < 1.29 is 27.7 Å². The second kappa shape index (κ2) is 28.9. The number of Topliss-reactive ketones (excluding diaryl/α,β-unsaturated/α-hetero) is 1. The van der Waals surface area contributed by atoms with E-state index >= 15 is 0 Å². The molecule has 2 fully saturated rings. The highest BCUT2D eigenvalue weighted by Crippen LogP contribution is 2.28. The maximum absolute atomic E-state index is 12.3. The number of hydrogen-bond donors (Lipinski definition) is 5. The van der Waals surface area contributed by atoms with E-state index in [1.54, 1.807) is 87.0 Å². The quantitative estimate of drug-likeness (QED) is 0.0530. The van der Waals surface area contributed by atoms with Gasteiger partial charge in [-0.1, -0.05) is 61.5 Å². The molecule has 2 atom stereocenters. The van der Waals surface area contributed by atoms with Gasteiger partial charge in [0.1, 0.15) is 0 Å². The predicted octanol–water partition coefficient (Wildman–Crippen LogP) is 9.48. The topological polar surface area (TPSA) is 300 Å². The number of nitrogens with two attached hydrogens (primary N) is 1. The number of carboxylic acids is 1. The number of benzene rings is 3. The summed E-state index contributed by atoms with van der Waals surface area (Å²) in [4.78, 5) is 46.1. The molecule has 4 aromatic heterocycles. The Labute approximate surface area is 462 Å². The van der Waals surface area contributed by atoms with Crippen LogP contribution in [0.15, 0.2) is 115 Å². The van der Waals surface area contributed by atoms with E-state index in [9.17, 15) is 18.0 Å². The predicted molar refractivity (Wildman–Crippen MR) is 305 cm³/mol. The van der Waals surface area contributed by atoms with Crippen molar-refractivity contribution in [2.24, 2.45) is 11.7 Å². The van der Waals surface area contributed by atoms with Crippen LogP contribution < -0.4 is 16.4 Å². The number of carbonyl (C=O) groups is 2. The number of nitriles is 2. The Morgan fingerprint density at radius 3 is 1.46 bits per heavy atom. The Morgan fingerprint density at radius 2 is 1.09 bits per heavy atom. The van der Waals surface area contributed by atoms with Crippen LogP contribution in [0.2, 0.25) is 0 Å². The number of likely N-dealkylation sites (tertiary alicyclic amines) is 2. The van der Waals surface area contributed by atoms with Crippen molar-refractivity contribution in [1.29, 1.82) is 10.5 Å². The largest absolute Gasteiger partial charge is 0.478 e. The number of carbonyl (C=O) groups excluding carboxylic acids is 1. The van der Waals surface area contributed by atoms with Gasteiger partial charge in [0.05, 0.1) is 81.8 Å². The van der Waals surface area contributed by atoms with Crippen molar-refractivity contribution in [1.82, 2.24) is 49.3 Å². The molecule has 2 aliphatic rings. The van der Waals surface area contributed by atoms with Crippen LogP contribution >= 0.6 is 0 Å². The van der Waals surface area contributed by atoms with Crippen LogP contribution in [0, 0.1) is 49.4 Å². The molecular formula is C57H71N15O6S. The fraction of sp³-hybridized carbons (Fsp3) is 0.368. The maximum Gasteiger partial charge on any atom is 0.335 e. The molecule has 0 amide bonds. The van der Waals surface area contributed by atoms with E-state index in [1.165, 1.54) is 12.1 Å². The van der Waals surface area contributed by atoms with Crippen molar-refractivity contribution in [2.45, 2.75) is 97.2 Å². The molecule has 0 spiro atoms. The Balaban J connectivity index is 0.000000227. The smallest absolute Gasteiger partial charge is 0.335 e. The molecule has 416 valence electrons. The molecule has 7 aromatic rings. The number of rotatable bonds is 13. The van der Waals surface area contributed by atoms with E-state index in [-0.39, 0.29) is 42.0 Å². The number of anilines is 4. The molecule has 79 heavy (non-hydrogen) atoms. The number of nitrogens with one attached hydrogen (secondary N) is 2. The molecule has 0 unspecified atom stereocenters. The molecular weight excluding hydrogens is 1020 g/mol. The van der Waals surface area contributed by atoms with E-state index in [4.69, 9.17) is 30.9 Å². The van der Waals surface area contributed by atoms with Gasteiger partial charge in [0.15, 0.2) is 5.78 Å². The van der Waals surface area contributed by atoms with Gasteiger partial charge in [-0.2, -0.15) is 29.1 Å². The third-order valence-corrected chi connectivity index (χ3v) is 13.8. The summed E-state index contributed by atoms with van der Waals surface area (Å²) < 4.78 is 33.6. The summed E-state index contributed by atoms with van der Waals surface area (Å²) in [5, 5.41) is 41.3. The summed E-state index contributed by atoms with van der Waals surface area (Å²) in [6.07, 6.45) is 15.8. The molecule has 22 heteroatoms. The van der Waals surface area contributed by atoms with Crippen LogP contribution in [0.3, 0.4) is 0 Å². The highest BCUT2D eigenvalue weighted by molar-refractivity contribution is 7.85. The molecule has 6 heterocycles. The second-order valence-corrected chi connectivity index (χ2v) is 20.9. The van der Waals surface area contributed by atoms with Crippen LogP contribution in [0.1, 0.15) is 103 Å². The van der Waals surface area contributed by atoms with Gasteiger partial charge in [-0.05, 0) is 136 Å². The van der Waals surface area contributed by atoms with Gasteiger partial charge in [0.2, 0.25) is 11.9 Å². The molecule has 0 aliphatic carbocycles. The Kier molecular flexibility index (Phi) is 22.6. The number of hydrogen-bond acceptors (Lipinski definition) is 17. The molecule has 0 radical (unpaired) electrons. The minimum atomic E-state index is -4.02. The standard InChI is InChI=1S/C25H29N7O.C21H24N6O2.C7H8O3S.C3H6N2.CH4/c1-17(13-26)12-23(33)19-4-6-20(7-5-19)24-18(2)14-27-25(30-24)29-21-15-28-32(16-21)22-8-10-31(3)11-9-22;1-14-11-22-21(25-19(14)15-3-5-16(6-4-15)20(28)29)24-17-12-23-27(13-17)18-7-9-26(2)10-8-18;1-6-2-4-7(5-3-6)11(8,9)10;1-3(5)2-4;/h4-7,14-17,22H,8-12H2,1-3H3,(H,27,29,30);3-6,11-13,18H,7-10H2,1-2H3,(H,28,29)(H,22,24,25);2-5H,1H3,(H,8,9,10);3H,5H2,1H3;1H4/t17-;;;3-;/m0..1./s1. The van der Waals surface area contributed by atoms with Gasteiger partial charge in [0, 0.05) is 47.9 Å². The molecule has 0 bridgehead atoms. The summed E-state index contributed by atoms with van der Waals surface area (Å²) >= 11 is 0. The average molecular weight is 1090 g/mol. The molecule has 3 aromatic carbocycles. The van der Waals surface area contributed by atoms with Gasteiger partial charge < -0.3 is 31.3 Å². The maximum atomic E-state index is 12.3. The van der Waals surface area contributed by atoms with Crippen molar-refractivity contribution in [3.8, 4) is 34.7 Å². The molecule has 2 aliphatic heterocycles. The minimum absolute atomic E-state index is 0. The summed E-state index contributed by atoms with van der Waals surface area (Å²) in [6.45, 7) is 13.5. The average Bonchev–Trinajstić information content (AvgIpc) is 4.12. The number of aromatic carboxylic acids is 1. The van der Waals surface area contributed by atoms with Crippen LogP contribution in [0.25, 0.3) is 22.5 Å². The number of aromatic nitrogens is 8. The zero-order valence-electron chi connectivity index (χ0n) is 44.9. The van der Waals surface area contributed by atoms with E-state index in [0.717, 1.165) is 102 Å². The zero-order chi connectivity index (χ0) is 56.5. The molecule has 0 saturated carbocycles. The first-order valence-electron chi connectivity index (χ1n) is 25.4. The van der Waals surface area contributed by atoms with E-state index in [0.29, 0.717) is 29.5 Å². The lowest BCUT2D eigenvalue weighted by Gasteiger charge is -2.28. The Hall–Kier alpha value is -8.25. The Morgan fingerprint density at radius 1 is 0.684 bits per heavy atom. The second-order valence-electron chi connectivity index (χ2n) is 19.5. The summed E-state index contributed by atoms with van der Waals surface area (Å²) in [6, 6.07) is 24.5. The lowest BCUT2D eigenvalue weighted by atomic mass is 9.99. The van der Waals surface area contributed by atoms with Crippen LogP contribution in [0.4, 0.5) is 23.3 Å². The van der Waals surface area contributed by atoms with Crippen molar-refractivity contribution >= 4 is 45.1 Å². The number of carboxylic acid groups (broad SMARTS) is 1. The lowest BCUT2D eigenvalue weighted by molar-refractivity contribution is 0.0696. The van der Waals surface area contributed by atoms with Crippen molar-refractivity contribution in [2.75, 3.05) is 50.9 Å². The molecule has 2 saturated heterocycles. The summed E-state index contributed by atoms with van der Waals surface area (Å²) in [5.74, 6) is -0.282. The zero-order valence-corrected chi connectivity index (χ0v) is 45.8. The number of ketones is 1. The van der Waals surface area contributed by atoms with Crippen molar-refractivity contribution in [3.05, 3.63) is 138 Å². The number of piperidine rings is 2. The highest BCUT2D eigenvalue weighted by atomic mass is 32.2. The van der Waals surface area contributed by atoms with Crippen LogP contribution in [-0.4, -0.2) is 125 Å². The molecule has 6 N–H and O–H groups in total. The van der Waals surface area contributed by atoms with Crippen LogP contribution in [0.5, 0.6) is 0 Å². The first kappa shape index (κ1) is 61.6. The first-order valence-corrected chi connectivity index (χ1v) is 26.9. The Bertz CT molecular complexity index is 3300. The van der Waals surface area contributed by atoms with Gasteiger partial charge in [-0.15, -0.1) is 0 Å². The third-order valence-electron chi connectivity index (χ3n) is 12.9. The number of nitrogens with zero attached hydrogens (tertiary/aromatic N) is 12. The van der Waals surface area contributed by atoms with E-state index in [1.807, 2.05) is 60.9 Å². The van der Waals surface area contributed by atoms with E-state index < -0.39 is 16.1 Å². The van der Waals surface area contributed by atoms with Crippen LogP contribution in [-0.2, 0) is 10.1 Å². The summed E-state index contributed by atoms with van der Waals surface area (Å²) in [7, 11) is 0.279. The van der Waals surface area contributed by atoms with Gasteiger partial charge >= 0.3 is 5.97 Å². The highest BCUT2D eigenvalue weighted by Gasteiger charge is 2.21. The number of aryl methyl sites for hydroxylation is 3. The van der Waals surface area contributed by atoms with E-state index in [2.05, 4.69) is 65.7 Å². The fourth-order valence-electron chi connectivity index (χ4n) is 8.31. The van der Waals surface area contributed by atoms with Gasteiger partial charge in [0.25, 0.3) is 10.1 Å². The SMILES string of the molecule is C.C[C@@H](N)C#N.Cc1ccc(S(=O)(=O)O)cc1.Cc1cnc(Nc2cnn(C3CCN(C)CC3)c2)nc1-c1ccc(C(=O)C[C@H](C)C#N)cc1.Cc1cnc(Nc2cnn(C3CCN(C)CC3)c2)nc1-c1ccc(C(=O)O)cc1. The fourth-order valence-corrected chi connectivity index (χ4v) is 8.79. The minimum Gasteiger partial charge on any atom is -0.478 e. The first-order chi connectivity index (χ1) is 37.2. The monoisotopic (exact) mass is 1090 g/mol. The summed E-state index contributed by atoms with van der Waals surface area (Å²) in [5.41, 5.74) is 13.6. The lowest BCUT2D eigenvalue weighted by Crippen LogP contribution is -2.31. The molecule has 21 nitrogen and oxygen atoms in total.